The summed E-state index contributed by atoms with van der Waals surface area (Å²) in [5.41, 5.74) is 1.20. The lowest BCUT2D eigenvalue weighted by Crippen LogP contribution is -2.37. The van der Waals surface area contributed by atoms with E-state index in [1.807, 2.05) is 4.90 Å². The van der Waals surface area contributed by atoms with Gasteiger partial charge in [0.1, 0.15) is 0 Å². The van der Waals surface area contributed by atoms with Crippen molar-refractivity contribution in [3.8, 4) is 6.07 Å². The molecule has 1 aromatic carbocycles. The highest BCUT2D eigenvalue weighted by Crippen LogP contribution is 2.31. The first-order chi connectivity index (χ1) is 11.7. The van der Waals surface area contributed by atoms with Crippen LogP contribution in [0.25, 0.3) is 0 Å². The number of hydrogen-bond acceptors (Lipinski definition) is 3. The number of nitriles is 1. The molecule has 0 atom stereocenters. The van der Waals surface area contributed by atoms with Crippen LogP contribution in [-0.2, 0) is 9.59 Å². The zero-order valence-electron chi connectivity index (χ0n) is 13.8. The van der Waals surface area contributed by atoms with E-state index >= 15 is 0 Å². The molecule has 3 rings (SSSR count). The summed E-state index contributed by atoms with van der Waals surface area (Å²) in [6.07, 6.45) is 5.34. The lowest BCUT2D eigenvalue weighted by Gasteiger charge is -2.29. The first-order valence-electron chi connectivity index (χ1n) is 8.77. The fourth-order valence-corrected chi connectivity index (χ4v) is 3.71. The minimum absolute atomic E-state index is 0.00263. The summed E-state index contributed by atoms with van der Waals surface area (Å²) in [4.78, 5) is 26.8. The van der Waals surface area contributed by atoms with Gasteiger partial charge >= 0.3 is 0 Å². The van der Waals surface area contributed by atoms with Crippen molar-refractivity contribution < 1.29 is 9.59 Å². The predicted octanol–water partition coefficient (Wildman–Crippen LogP) is 2.93. The zero-order chi connectivity index (χ0) is 16.9. The van der Waals surface area contributed by atoms with E-state index in [0.29, 0.717) is 11.3 Å². The monoisotopic (exact) mass is 325 g/mol. The molecule has 1 aliphatic carbocycles. The van der Waals surface area contributed by atoms with E-state index < -0.39 is 0 Å². The topological polar surface area (TPSA) is 73.2 Å². The molecule has 5 heteroatoms. The van der Waals surface area contributed by atoms with Crippen LogP contribution in [0.4, 0.5) is 5.69 Å². The standard InChI is InChI=1S/C19H23N3O2/c20-13-14-4-3-5-17(12-14)21-18(23)15-6-8-16(9-7-15)19(24)22-10-1-2-11-22/h3-5,12,15-16H,1-2,6-11H2,(H,21,23). The summed E-state index contributed by atoms with van der Waals surface area (Å²) >= 11 is 0. The summed E-state index contributed by atoms with van der Waals surface area (Å²) in [6.45, 7) is 1.79. The summed E-state index contributed by atoms with van der Waals surface area (Å²) in [5.74, 6) is 0.331. The second-order valence-electron chi connectivity index (χ2n) is 6.76. The molecule has 1 N–H and O–H groups in total. The smallest absolute Gasteiger partial charge is 0.227 e. The van der Waals surface area contributed by atoms with Crippen molar-refractivity contribution >= 4 is 17.5 Å². The number of rotatable bonds is 3. The summed E-state index contributed by atoms with van der Waals surface area (Å²) in [6, 6.07) is 9.02. The second-order valence-corrected chi connectivity index (χ2v) is 6.76. The number of carbonyl (C=O) groups excluding carboxylic acids is 2. The molecule has 1 heterocycles. The maximum atomic E-state index is 12.4. The molecule has 24 heavy (non-hydrogen) atoms. The van der Waals surface area contributed by atoms with Gasteiger partial charge in [0.2, 0.25) is 11.8 Å². The van der Waals surface area contributed by atoms with Crippen molar-refractivity contribution in [2.75, 3.05) is 18.4 Å². The minimum Gasteiger partial charge on any atom is -0.342 e. The molecular formula is C19H23N3O2. The van der Waals surface area contributed by atoms with Crippen LogP contribution < -0.4 is 5.32 Å². The summed E-state index contributed by atoms with van der Waals surface area (Å²) in [7, 11) is 0. The largest absolute Gasteiger partial charge is 0.342 e. The average molecular weight is 325 g/mol. The number of carbonyl (C=O) groups is 2. The first kappa shape index (κ1) is 16.5. The Morgan fingerprint density at radius 3 is 2.42 bits per heavy atom. The normalized spacial score (nSPS) is 23.5. The quantitative estimate of drug-likeness (QED) is 0.928. The first-order valence-corrected chi connectivity index (χ1v) is 8.77. The Balaban J connectivity index is 1.51. The number of nitrogens with zero attached hydrogens (tertiary/aromatic N) is 2. The van der Waals surface area contributed by atoms with E-state index in [2.05, 4.69) is 11.4 Å². The highest BCUT2D eigenvalue weighted by molar-refractivity contribution is 5.93. The van der Waals surface area contributed by atoms with Gasteiger partial charge in [-0.15, -0.1) is 0 Å². The van der Waals surface area contributed by atoms with Crippen molar-refractivity contribution in [1.29, 1.82) is 5.26 Å². The Bertz CT molecular complexity index is 651. The third-order valence-corrected chi connectivity index (χ3v) is 5.12. The van der Waals surface area contributed by atoms with Gasteiger partial charge in [-0.2, -0.15) is 5.26 Å². The van der Waals surface area contributed by atoms with Crippen LogP contribution in [-0.4, -0.2) is 29.8 Å². The fourth-order valence-electron chi connectivity index (χ4n) is 3.71. The van der Waals surface area contributed by atoms with Crippen molar-refractivity contribution in [3.63, 3.8) is 0 Å². The summed E-state index contributed by atoms with van der Waals surface area (Å²) < 4.78 is 0. The van der Waals surface area contributed by atoms with Gasteiger partial charge in [-0.25, -0.2) is 0 Å². The maximum Gasteiger partial charge on any atom is 0.227 e. The van der Waals surface area contributed by atoms with Crippen LogP contribution in [0.15, 0.2) is 24.3 Å². The predicted molar refractivity (Wildman–Crippen MR) is 91.0 cm³/mol. The number of nitrogens with one attached hydrogen (secondary N) is 1. The van der Waals surface area contributed by atoms with Crippen molar-refractivity contribution in [1.82, 2.24) is 4.90 Å². The molecule has 2 fully saturated rings. The van der Waals surface area contributed by atoms with Crippen LogP contribution in [0.5, 0.6) is 0 Å². The van der Waals surface area contributed by atoms with Gasteiger partial charge in [0.05, 0.1) is 11.6 Å². The van der Waals surface area contributed by atoms with Crippen LogP contribution in [0, 0.1) is 23.2 Å². The van der Waals surface area contributed by atoms with E-state index in [0.717, 1.165) is 51.6 Å². The highest BCUT2D eigenvalue weighted by atomic mass is 16.2. The van der Waals surface area contributed by atoms with E-state index in [4.69, 9.17) is 5.26 Å². The lowest BCUT2D eigenvalue weighted by molar-refractivity contribution is -0.136. The molecule has 5 nitrogen and oxygen atoms in total. The Labute approximate surface area is 142 Å². The Kier molecular flexibility index (Phi) is 5.14. The van der Waals surface area contributed by atoms with Gasteiger partial charge < -0.3 is 10.2 Å². The average Bonchev–Trinajstić information content (AvgIpc) is 3.16. The SMILES string of the molecule is N#Cc1cccc(NC(=O)C2CCC(C(=O)N3CCCC3)CC2)c1. The van der Waals surface area contributed by atoms with Gasteiger partial charge in [0.15, 0.2) is 0 Å². The van der Waals surface area contributed by atoms with E-state index in [1.54, 1.807) is 24.3 Å². The molecule has 2 amide bonds. The molecule has 0 aromatic heterocycles. The Morgan fingerprint density at radius 2 is 1.75 bits per heavy atom. The molecule has 1 saturated carbocycles. The highest BCUT2D eigenvalue weighted by Gasteiger charge is 2.32. The molecule has 2 aliphatic rings. The third kappa shape index (κ3) is 3.76. The molecular weight excluding hydrogens is 302 g/mol. The Hall–Kier alpha value is -2.35. The molecule has 1 saturated heterocycles. The fraction of sp³-hybridized carbons (Fsp3) is 0.526. The van der Waals surface area contributed by atoms with Crippen LogP contribution >= 0.6 is 0 Å². The van der Waals surface area contributed by atoms with Crippen LogP contribution in [0.2, 0.25) is 0 Å². The molecule has 0 unspecified atom stereocenters. The number of benzene rings is 1. The third-order valence-electron chi connectivity index (χ3n) is 5.12. The lowest BCUT2D eigenvalue weighted by atomic mass is 9.81. The zero-order valence-corrected chi connectivity index (χ0v) is 13.8. The van der Waals surface area contributed by atoms with Gasteiger partial charge in [-0.1, -0.05) is 6.07 Å². The number of hydrogen-bond donors (Lipinski definition) is 1. The van der Waals surface area contributed by atoms with Gasteiger partial charge in [0.25, 0.3) is 0 Å². The minimum atomic E-state index is -0.0432. The maximum absolute atomic E-state index is 12.4. The van der Waals surface area contributed by atoms with Gasteiger partial charge in [0, 0.05) is 30.6 Å². The van der Waals surface area contributed by atoms with Gasteiger partial charge in [-0.05, 0) is 56.7 Å². The number of likely N-dealkylation sites (tertiary alicyclic amines) is 1. The molecule has 126 valence electrons. The van der Waals surface area contributed by atoms with E-state index in [9.17, 15) is 9.59 Å². The molecule has 1 aromatic rings. The van der Waals surface area contributed by atoms with Crippen molar-refractivity contribution in [2.45, 2.75) is 38.5 Å². The van der Waals surface area contributed by atoms with Gasteiger partial charge in [-0.3, -0.25) is 9.59 Å². The Morgan fingerprint density at radius 1 is 1.08 bits per heavy atom. The van der Waals surface area contributed by atoms with Crippen LogP contribution in [0.1, 0.15) is 44.1 Å². The van der Waals surface area contributed by atoms with Crippen molar-refractivity contribution in [2.24, 2.45) is 11.8 Å². The molecule has 0 bridgehead atoms. The summed E-state index contributed by atoms with van der Waals surface area (Å²) in [5, 5.41) is 11.8. The molecule has 1 aliphatic heterocycles. The number of anilines is 1. The molecule has 0 spiro atoms. The van der Waals surface area contributed by atoms with E-state index in [1.165, 1.54) is 0 Å². The van der Waals surface area contributed by atoms with Crippen molar-refractivity contribution in [3.05, 3.63) is 29.8 Å². The van der Waals surface area contributed by atoms with Crippen LogP contribution in [0.3, 0.4) is 0 Å². The molecule has 0 radical (unpaired) electrons. The second kappa shape index (κ2) is 7.48. The van der Waals surface area contributed by atoms with E-state index in [-0.39, 0.29) is 23.7 Å². The number of amides is 2.